The van der Waals surface area contributed by atoms with Crippen molar-refractivity contribution in [2.75, 3.05) is 18.5 Å². The Morgan fingerprint density at radius 2 is 2.17 bits per heavy atom. The number of aryl methyl sites for hydroxylation is 1. The molecule has 0 saturated carbocycles. The molecule has 1 aromatic rings. The van der Waals surface area contributed by atoms with Crippen LogP contribution in [-0.4, -0.2) is 24.2 Å². The molecule has 0 saturated heterocycles. The minimum absolute atomic E-state index is 0.0806. The van der Waals surface area contributed by atoms with Crippen LogP contribution in [-0.2, 0) is 9.53 Å². The lowest BCUT2D eigenvalue weighted by Gasteiger charge is -2.09. The van der Waals surface area contributed by atoms with Gasteiger partial charge in [0.05, 0.1) is 18.7 Å². The topological polar surface area (TPSA) is 58.6 Å². The average molecular weight is 251 g/mol. The molecule has 100 valence electrons. The molecule has 0 spiro atoms. The number of hydrogen-bond acceptors (Lipinski definition) is 3. The lowest BCUT2D eigenvalue weighted by molar-refractivity contribution is -0.117. The van der Waals surface area contributed by atoms with Crippen molar-refractivity contribution in [3.63, 3.8) is 0 Å². The summed E-state index contributed by atoms with van der Waals surface area (Å²) in [7, 11) is 0. The highest BCUT2D eigenvalue weighted by Crippen LogP contribution is 2.23. The number of benzene rings is 1. The molecule has 0 unspecified atom stereocenters. The lowest BCUT2D eigenvalue weighted by atomic mass is 10.2. The number of nitrogens with one attached hydrogen (secondary N) is 1. The van der Waals surface area contributed by atoms with Crippen LogP contribution in [0.3, 0.4) is 0 Å². The minimum atomic E-state index is -0.153. The van der Waals surface area contributed by atoms with E-state index in [-0.39, 0.29) is 11.7 Å². The van der Waals surface area contributed by atoms with E-state index in [4.69, 9.17) is 4.74 Å². The summed E-state index contributed by atoms with van der Waals surface area (Å²) in [5.41, 5.74) is 1.43. The maximum atomic E-state index is 11.6. The molecule has 0 aromatic heterocycles. The van der Waals surface area contributed by atoms with E-state index in [9.17, 15) is 9.90 Å². The van der Waals surface area contributed by atoms with Gasteiger partial charge in [0.15, 0.2) is 0 Å². The van der Waals surface area contributed by atoms with E-state index in [2.05, 4.69) is 19.2 Å². The standard InChI is InChI=1S/C14H21NO3/c1-10(2)9-18-7-6-14(17)15-12-8-11(3)4-5-13(12)16/h4-5,8,10,16H,6-7,9H2,1-3H3,(H,15,17). The Hall–Kier alpha value is -1.55. The maximum absolute atomic E-state index is 11.6. The van der Waals surface area contributed by atoms with Crippen LogP contribution in [0.1, 0.15) is 25.8 Å². The summed E-state index contributed by atoms with van der Waals surface area (Å²) in [4.78, 5) is 11.6. The van der Waals surface area contributed by atoms with Crippen molar-refractivity contribution in [2.24, 2.45) is 5.92 Å². The molecular weight excluding hydrogens is 230 g/mol. The summed E-state index contributed by atoms with van der Waals surface area (Å²) in [6, 6.07) is 5.10. The zero-order valence-electron chi connectivity index (χ0n) is 11.2. The summed E-state index contributed by atoms with van der Waals surface area (Å²) in [5, 5.41) is 12.3. The molecule has 0 aliphatic rings. The van der Waals surface area contributed by atoms with Gasteiger partial charge in [-0.3, -0.25) is 4.79 Å². The van der Waals surface area contributed by atoms with Crippen molar-refractivity contribution in [3.05, 3.63) is 23.8 Å². The Balaban J connectivity index is 2.38. The number of anilines is 1. The molecule has 1 aromatic carbocycles. The highest BCUT2D eigenvalue weighted by molar-refractivity contribution is 5.92. The number of carbonyl (C=O) groups excluding carboxylic acids is 1. The number of rotatable bonds is 6. The van der Waals surface area contributed by atoms with Gasteiger partial charge in [-0.25, -0.2) is 0 Å². The van der Waals surface area contributed by atoms with Crippen LogP contribution in [0.15, 0.2) is 18.2 Å². The number of carbonyl (C=O) groups is 1. The molecule has 2 N–H and O–H groups in total. The number of phenols is 1. The van der Waals surface area contributed by atoms with Crippen LogP contribution in [0.25, 0.3) is 0 Å². The van der Waals surface area contributed by atoms with E-state index < -0.39 is 0 Å². The predicted octanol–water partition coefficient (Wildman–Crippen LogP) is 2.70. The molecule has 0 atom stereocenters. The van der Waals surface area contributed by atoms with Gasteiger partial charge in [-0.1, -0.05) is 19.9 Å². The normalized spacial score (nSPS) is 10.7. The molecule has 0 aliphatic carbocycles. The van der Waals surface area contributed by atoms with Crippen molar-refractivity contribution < 1.29 is 14.6 Å². The minimum Gasteiger partial charge on any atom is -0.506 e. The van der Waals surface area contributed by atoms with Crippen LogP contribution in [0.5, 0.6) is 5.75 Å². The summed E-state index contributed by atoms with van der Waals surface area (Å²) >= 11 is 0. The van der Waals surface area contributed by atoms with E-state index in [0.717, 1.165) is 5.56 Å². The Kier molecular flexibility index (Phi) is 5.65. The summed E-state index contributed by atoms with van der Waals surface area (Å²) in [6.07, 6.45) is 0.292. The highest BCUT2D eigenvalue weighted by atomic mass is 16.5. The van der Waals surface area contributed by atoms with Gasteiger partial charge in [0.25, 0.3) is 0 Å². The number of phenolic OH excluding ortho intramolecular Hbond substituents is 1. The zero-order chi connectivity index (χ0) is 13.5. The Morgan fingerprint density at radius 1 is 1.44 bits per heavy atom. The summed E-state index contributed by atoms with van der Waals surface area (Å²) < 4.78 is 5.33. The molecular formula is C14H21NO3. The van der Waals surface area contributed by atoms with Crippen LogP contribution in [0, 0.1) is 12.8 Å². The van der Waals surface area contributed by atoms with Crippen LogP contribution in [0.2, 0.25) is 0 Å². The fraction of sp³-hybridized carbons (Fsp3) is 0.500. The van der Waals surface area contributed by atoms with Crippen molar-refractivity contribution >= 4 is 11.6 Å². The molecule has 0 radical (unpaired) electrons. The number of hydrogen-bond donors (Lipinski definition) is 2. The van der Waals surface area contributed by atoms with Gasteiger partial charge in [-0.2, -0.15) is 0 Å². The Morgan fingerprint density at radius 3 is 2.83 bits per heavy atom. The smallest absolute Gasteiger partial charge is 0.226 e. The van der Waals surface area contributed by atoms with Gasteiger partial charge in [0.2, 0.25) is 5.91 Å². The molecule has 0 fully saturated rings. The predicted molar refractivity (Wildman–Crippen MR) is 71.7 cm³/mol. The second-order valence-corrected chi connectivity index (χ2v) is 4.79. The fourth-order valence-corrected chi connectivity index (χ4v) is 1.45. The highest BCUT2D eigenvalue weighted by Gasteiger charge is 2.06. The average Bonchev–Trinajstić information content (AvgIpc) is 2.29. The molecule has 4 heteroatoms. The van der Waals surface area contributed by atoms with E-state index in [0.29, 0.717) is 31.2 Å². The molecule has 0 bridgehead atoms. The van der Waals surface area contributed by atoms with E-state index in [1.807, 2.05) is 6.92 Å². The second-order valence-electron chi connectivity index (χ2n) is 4.79. The third kappa shape index (κ3) is 5.19. The van der Waals surface area contributed by atoms with Gasteiger partial charge in [-0.05, 0) is 30.5 Å². The molecule has 1 rings (SSSR count). The number of aromatic hydroxyl groups is 1. The van der Waals surface area contributed by atoms with E-state index >= 15 is 0 Å². The second kappa shape index (κ2) is 7.01. The molecule has 1 amide bonds. The lowest BCUT2D eigenvalue weighted by Crippen LogP contribution is -2.15. The van der Waals surface area contributed by atoms with Gasteiger partial charge in [0, 0.05) is 6.61 Å². The van der Waals surface area contributed by atoms with Crippen molar-refractivity contribution in [3.8, 4) is 5.75 Å². The van der Waals surface area contributed by atoms with Crippen molar-refractivity contribution in [1.82, 2.24) is 0 Å². The summed E-state index contributed by atoms with van der Waals surface area (Å²) in [5.74, 6) is 0.394. The largest absolute Gasteiger partial charge is 0.506 e. The fourth-order valence-electron chi connectivity index (χ4n) is 1.45. The van der Waals surface area contributed by atoms with Crippen molar-refractivity contribution in [1.29, 1.82) is 0 Å². The Labute approximate surface area is 108 Å². The van der Waals surface area contributed by atoms with Crippen molar-refractivity contribution in [2.45, 2.75) is 27.2 Å². The third-order valence-electron chi connectivity index (χ3n) is 2.35. The SMILES string of the molecule is Cc1ccc(O)c(NC(=O)CCOCC(C)C)c1. The van der Waals surface area contributed by atoms with Gasteiger partial charge < -0.3 is 15.2 Å². The van der Waals surface area contributed by atoms with Gasteiger partial charge >= 0.3 is 0 Å². The van der Waals surface area contributed by atoms with Crippen LogP contribution in [0.4, 0.5) is 5.69 Å². The number of ether oxygens (including phenoxy) is 1. The first kappa shape index (κ1) is 14.5. The monoisotopic (exact) mass is 251 g/mol. The summed E-state index contributed by atoms with van der Waals surface area (Å²) in [6.45, 7) is 7.08. The number of amides is 1. The first-order valence-corrected chi connectivity index (χ1v) is 6.16. The molecule has 4 nitrogen and oxygen atoms in total. The first-order valence-electron chi connectivity index (χ1n) is 6.16. The molecule has 0 aliphatic heterocycles. The van der Waals surface area contributed by atoms with E-state index in [1.54, 1.807) is 18.2 Å². The molecule has 18 heavy (non-hydrogen) atoms. The third-order valence-corrected chi connectivity index (χ3v) is 2.35. The first-order chi connectivity index (χ1) is 8.49. The van der Waals surface area contributed by atoms with Gasteiger partial charge in [-0.15, -0.1) is 0 Å². The van der Waals surface area contributed by atoms with Crippen LogP contribution < -0.4 is 5.32 Å². The van der Waals surface area contributed by atoms with E-state index in [1.165, 1.54) is 0 Å². The zero-order valence-corrected chi connectivity index (χ0v) is 11.2. The quantitative estimate of drug-likeness (QED) is 0.603. The Bertz CT molecular complexity index is 402. The van der Waals surface area contributed by atoms with Gasteiger partial charge in [0.1, 0.15) is 5.75 Å². The maximum Gasteiger partial charge on any atom is 0.226 e. The van der Waals surface area contributed by atoms with Crippen LogP contribution >= 0.6 is 0 Å². The molecule has 0 heterocycles.